The summed E-state index contributed by atoms with van der Waals surface area (Å²) < 4.78 is 0. The molecule has 0 aliphatic rings. The van der Waals surface area contributed by atoms with Crippen LogP contribution in [-0.4, -0.2) is 35.2 Å². The molecule has 1 aromatic carbocycles. The molecule has 0 saturated carbocycles. The number of hydrogen-bond acceptors (Lipinski definition) is 5. The molecule has 4 N–H and O–H groups in total. The summed E-state index contributed by atoms with van der Waals surface area (Å²) in [6, 6.07) is 10.4. The number of rotatable bonds is 11. The Hall–Kier alpha value is -2.08. The molecule has 0 aliphatic carbocycles. The van der Waals surface area contributed by atoms with Crippen LogP contribution in [0.1, 0.15) is 61.5 Å². The first-order chi connectivity index (χ1) is 13.9. The molecule has 2 aromatic rings. The highest BCUT2D eigenvalue weighted by Crippen LogP contribution is 2.26. The van der Waals surface area contributed by atoms with E-state index in [2.05, 4.69) is 55.8 Å². The average Bonchev–Trinajstić information content (AvgIpc) is 2.70. The van der Waals surface area contributed by atoms with Gasteiger partial charge in [0.05, 0.1) is 11.4 Å². The van der Waals surface area contributed by atoms with Crippen molar-refractivity contribution in [2.45, 2.75) is 59.5 Å². The molecule has 5 heteroatoms. The molecule has 0 radical (unpaired) electrons. The molecule has 1 aromatic heterocycles. The van der Waals surface area contributed by atoms with Crippen LogP contribution in [0.15, 0.2) is 41.5 Å². The van der Waals surface area contributed by atoms with Gasteiger partial charge >= 0.3 is 0 Å². The Morgan fingerprint density at radius 1 is 1.21 bits per heavy atom. The van der Waals surface area contributed by atoms with E-state index in [0.29, 0.717) is 0 Å². The number of pyridine rings is 1. The van der Waals surface area contributed by atoms with E-state index < -0.39 is 0 Å². The molecule has 29 heavy (non-hydrogen) atoms. The number of benzene rings is 1. The van der Waals surface area contributed by atoms with E-state index in [0.717, 1.165) is 68.1 Å². The van der Waals surface area contributed by atoms with E-state index in [1.165, 1.54) is 11.1 Å². The van der Waals surface area contributed by atoms with Gasteiger partial charge in [-0.1, -0.05) is 31.2 Å². The van der Waals surface area contributed by atoms with Crippen molar-refractivity contribution in [3.8, 4) is 0 Å². The minimum Gasteiger partial charge on any atom is -0.330 e. The van der Waals surface area contributed by atoms with Gasteiger partial charge in [0.1, 0.15) is 0 Å². The first-order valence-electron chi connectivity index (χ1n) is 10.7. The molecule has 0 fully saturated rings. The summed E-state index contributed by atoms with van der Waals surface area (Å²) in [6.07, 6.45) is 4.95. The Bertz CT molecular complexity index is 800. The van der Waals surface area contributed by atoms with Crippen LogP contribution in [0, 0.1) is 13.8 Å². The van der Waals surface area contributed by atoms with Crippen molar-refractivity contribution in [3.63, 3.8) is 0 Å². The van der Waals surface area contributed by atoms with Crippen molar-refractivity contribution in [1.29, 1.82) is 0 Å². The molecule has 0 amide bonds. The number of unbranched alkanes of at least 4 members (excludes halogenated alkanes) is 1. The fourth-order valence-corrected chi connectivity index (χ4v) is 3.50. The van der Waals surface area contributed by atoms with Crippen LogP contribution in [0.2, 0.25) is 0 Å². The standard InChI is InChI=1S/C24H37N5/c1-5-22(26)21-10-6-7-11-23(21)28-20(4)16-29(13-9-8-12-25)17-24-19(3)14-18(2)15-27-24/h6-7,10-11,14-15,22H,5,8-9,12-13,16-17,25-26H2,1-4H3/b28-20+. The third-order valence-electron chi connectivity index (χ3n) is 5.17. The molecule has 1 unspecified atom stereocenters. The van der Waals surface area contributed by atoms with Crippen molar-refractivity contribution < 1.29 is 0 Å². The maximum Gasteiger partial charge on any atom is 0.0677 e. The second-order valence-electron chi connectivity index (χ2n) is 7.90. The van der Waals surface area contributed by atoms with E-state index in [1.54, 1.807) is 0 Å². The zero-order chi connectivity index (χ0) is 21.2. The van der Waals surface area contributed by atoms with Crippen molar-refractivity contribution in [2.75, 3.05) is 19.6 Å². The van der Waals surface area contributed by atoms with E-state index in [1.807, 2.05) is 18.3 Å². The molecule has 2 rings (SSSR count). The molecule has 0 aliphatic heterocycles. The number of para-hydroxylation sites is 1. The van der Waals surface area contributed by atoms with E-state index in [-0.39, 0.29) is 6.04 Å². The van der Waals surface area contributed by atoms with Crippen molar-refractivity contribution in [1.82, 2.24) is 9.88 Å². The maximum absolute atomic E-state index is 6.28. The Morgan fingerprint density at radius 2 is 1.97 bits per heavy atom. The zero-order valence-electron chi connectivity index (χ0n) is 18.5. The molecule has 0 saturated heterocycles. The summed E-state index contributed by atoms with van der Waals surface area (Å²) in [5.41, 5.74) is 18.7. The summed E-state index contributed by atoms with van der Waals surface area (Å²) in [4.78, 5) is 12.0. The number of aliphatic imine (C=N–C) groups is 1. The van der Waals surface area contributed by atoms with Gasteiger partial charge in [-0.15, -0.1) is 0 Å². The lowest BCUT2D eigenvalue weighted by molar-refractivity contribution is 0.292. The van der Waals surface area contributed by atoms with Gasteiger partial charge in [-0.05, 0) is 75.9 Å². The van der Waals surface area contributed by atoms with Crippen LogP contribution in [0.4, 0.5) is 5.69 Å². The largest absolute Gasteiger partial charge is 0.330 e. The van der Waals surface area contributed by atoms with Crippen LogP contribution in [0.5, 0.6) is 0 Å². The Morgan fingerprint density at radius 3 is 2.66 bits per heavy atom. The Balaban J connectivity index is 2.18. The van der Waals surface area contributed by atoms with E-state index >= 15 is 0 Å². The van der Waals surface area contributed by atoms with Crippen LogP contribution in [0.25, 0.3) is 0 Å². The van der Waals surface area contributed by atoms with E-state index in [9.17, 15) is 0 Å². The van der Waals surface area contributed by atoms with Crippen LogP contribution in [-0.2, 0) is 6.54 Å². The maximum atomic E-state index is 6.28. The summed E-state index contributed by atoms with van der Waals surface area (Å²) in [5.74, 6) is 0. The average molecular weight is 396 g/mol. The van der Waals surface area contributed by atoms with Gasteiger partial charge in [0.15, 0.2) is 0 Å². The molecule has 0 spiro atoms. The summed E-state index contributed by atoms with van der Waals surface area (Å²) in [5, 5.41) is 0. The highest BCUT2D eigenvalue weighted by Gasteiger charge is 2.12. The van der Waals surface area contributed by atoms with Crippen LogP contribution in [0.3, 0.4) is 0 Å². The zero-order valence-corrected chi connectivity index (χ0v) is 18.5. The fourth-order valence-electron chi connectivity index (χ4n) is 3.50. The smallest absolute Gasteiger partial charge is 0.0677 e. The predicted molar refractivity (Wildman–Crippen MR) is 124 cm³/mol. The van der Waals surface area contributed by atoms with Gasteiger partial charge in [0.2, 0.25) is 0 Å². The quantitative estimate of drug-likeness (QED) is 0.435. The van der Waals surface area contributed by atoms with Gasteiger partial charge in [-0.3, -0.25) is 14.9 Å². The summed E-state index contributed by atoms with van der Waals surface area (Å²) >= 11 is 0. The van der Waals surface area contributed by atoms with Crippen LogP contribution >= 0.6 is 0 Å². The second-order valence-corrected chi connectivity index (χ2v) is 7.90. The normalized spacial score (nSPS) is 13.1. The van der Waals surface area contributed by atoms with Gasteiger partial charge < -0.3 is 11.5 Å². The molecular weight excluding hydrogens is 358 g/mol. The number of nitrogens with two attached hydrogens (primary N) is 2. The number of aromatic nitrogens is 1. The van der Waals surface area contributed by atoms with Gasteiger partial charge in [-0.2, -0.15) is 0 Å². The summed E-state index contributed by atoms with van der Waals surface area (Å²) in [7, 11) is 0. The lowest BCUT2D eigenvalue weighted by Crippen LogP contribution is -2.30. The highest BCUT2D eigenvalue weighted by atomic mass is 15.1. The highest BCUT2D eigenvalue weighted by molar-refractivity contribution is 5.86. The fraction of sp³-hybridized carbons (Fsp3) is 0.500. The topological polar surface area (TPSA) is 80.5 Å². The molecule has 1 atom stereocenters. The Kier molecular flexibility index (Phi) is 9.45. The molecule has 158 valence electrons. The van der Waals surface area contributed by atoms with Gasteiger partial charge in [-0.25, -0.2) is 0 Å². The lowest BCUT2D eigenvalue weighted by Gasteiger charge is -2.23. The first-order valence-corrected chi connectivity index (χ1v) is 10.7. The van der Waals surface area contributed by atoms with Gasteiger partial charge in [0, 0.05) is 31.0 Å². The molecule has 5 nitrogen and oxygen atoms in total. The van der Waals surface area contributed by atoms with Crippen molar-refractivity contribution in [3.05, 3.63) is 58.9 Å². The number of aryl methyl sites for hydroxylation is 2. The minimum absolute atomic E-state index is 0.0165. The van der Waals surface area contributed by atoms with Crippen molar-refractivity contribution >= 4 is 11.4 Å². The van der Waals surface area contributed by atoms with Gasteiger partial charge in [0.25, 0.3) is 0 Å². The molecular formula is C24H37N5. The lowest BCUT2D eigenvalue weighted by atomic mass is 10.0. The first kappa shape index (κ1) is 23.2. The SMILES string of the molecule is CCC(N)c1ccccc1/N=C(\C)CN(CCCCN)Cc1ncc(C)cc1C. The Labute approximate surface area is 176 Å². The minimum atomic E-state index is 0.0165. The number of hydrogen-bond donors (Lipinski definition) is 2. The summed E-state index contributed by atoms with van der Waals surface area (Å²) in [6.45, 7) is 11.7. The molecule has 1 heterocycles. The predicted octanol–water partition coefficient (Wildman–Crippen LogP) is 4.44. The van der Waals surface area contributed by atoms with E-state index in [4.69, 9.17) is 16.5 Å². The second kappa shape index (κ2) is 11.8. The third-order valence-corrected chi connectivity index (χ3v) is 5.17. The third kappa shape index (κ3) is 7.35. The van der Waals surface area contributed by atoms with Crippen LogP contribution < -0.4 is 11.5 Å². The number of nitrogens with zero attached hydrogens (tertiary/aromatic N) is 3. The monoisotopic (exact) mass is 395 g/mol. The molecule has 0 bridgehead atoms. The van der Waals surface area contributed by atoms with Crippen molar-refractivity contribution in [2.24, 2.45) is 16.5 Å².